The maximum Gasteiger partial charge on any atom is 0.433 e. The summed E-state index contributed by atoms with van der Waals surface area (Å²) in [7, 11) is 4.49. The van der Waals surface area contributed by atoms with Crippen LogP contribution in [0.5, 0.6) is 5.88 Å². The average Bonchev–Trinajstić information content (AvgIpc) is 2.88. The molecule has 0 saturated carbocycles. The Morgan fingerprint density at radius 1 is 1.46 bits per heavy atom. The van der Waals surface area contributed by atoms with Crippen LogP contribution in [0.4, 0.5) is 24.5 Å². The maximum absolute atomic E-state index is 12.8. The Bertz CT molecular complexity index is 822. The molecule has 0 aliphatic rings. The molecule has 0 atom stereocenters. The summed E-state index contributed by atoms with van der Waals surface area (Å²) in [4.78, 5) is 17.8. The van der Waals surface area contributed by atoms with E-state index in [0.29, 0.717) is 22.6 Å². The van der Waals surface area contributed by atoms with E-state index in [-0.39, 0.29) is 17.1 Å². The van der Waals surface area contributed by atoms with Crippen LogP contribution >= 0.6 is 11.8 Å². The molecule has 142 valence electrons. The van der Waals surface area contributed by atoms with Gasteiger partial charge >= 0.3 is 6.18 Å². The van der Waals surface area contributed by atoms with Crippen LogP contribution in [0.15, 0.2) is 17.2 Å². The monoisotopic (exact) mass is 389 g/mol. The van der Waals surface area contributed by atoms with E-state index in [1.165, 1.54) is 30.6 Å². The average molecular weight is 389 g/mol. The minimum absolute atomic E-state index is 0.0556. The van der Waals surface area contributed by atoms with E-state index in [1.54, 1.807) is 7.05 Å². The van der Waals surface area contributed by atoms with Crippen molar-refractivity contribution in [1.82, 2.24) is 14.8 Å². The third-order valence-corrected chi connectivity index (χ3v) is 4.45. The fourth-order valence-corrected chi connectivity index (χ4v) is 3.19. The number of nitrogen functional groups attached to an aromatic ring is 1. The molecule has 2 N–H and O–H groups in total. The number of aromatic nitrogens is 3. The SMILES string of the molecule is CCSc1c(C(=O)N(C)c2cnc(C(F)(F)F)cc2N)nn(C)c1OC. The molecule has 0 unspecified atom stereocenters. The number of ether oxygens (including phenoxy) is 1. The quantitative estimate of drug-likeness (QED) is 0.792. The van der Waals surface area contributed by atoms with Gasteiger partial charge in [0.1, 0.15) is 10.6 Å². The van der Waals surface area contributed by atoms with Crippen molar-refractivity contribution in [1.29, 1.82) is 0 Å². The maximum atomic E-state index is 12.8. The third-order valence-electron chi connectivity index (χ3n) is 3.51. The molecular formula is C15H18F3N5O2S. The lowest BCUT2D eigenvalue weighted by molar-refractivity contribution is -0.141. The highest BCUT2D eigenvalue weighted by Gasteiger charge is 2.34. The first-order valence-electron chi connectivity index (χ1n) is 7.46. The van der Waals surface area contributed by atoms with Gasteiger partial charge in [0, 0.05) is 14.1 Å². The van der Waals surface area contributed by atoms with Crippen molar-refractivity contribution in [3.63, 3.8) is 0 Å². The van der Waals surface area contributed by atoms with Gasteiger partial charge in [0.15, 0.2) is 5.69 Å². The molecular weight excluding hydrogens is 371 g/mol. The van der Waals surface area contributed by atoms with Gasteiger partial charge in [-0.1, -0.05) is 6.92 Å². The van der Waals surface area contributed by atoms with Crippen LogP contribution in [-0.4, -0.2) is 40.6 Å². The predicted octanol–water partition coefficient (Wildman–Crippen LogP) is 2.81. The number of nitrogens with zero attached hydrogens (tertiary/aromatic N) is 4. The van der Waals surface area contributed by atoms with Crippen molar-refractivity contribution in [2.45, 2.75) is 18.0 Å². The molecule has 2 aromatic rings. The predicted molar refractivity (Wildman–Crippen MR) is 92.5 cm³/mol. The van der Waals surface area contributed by atoms with Crippen LogP contribution in [0, 0.1) is 0 Å². The fourth-order valence-electron chi connectivity index (χ4n) is 2.30. The smallest absolute Gasteiger partial charge is 0.433 e. The van der Waals surface area contributed by atoms with E-state index < -0.39 is 17.8 Å². The Morgan fingerprint density at radius 3 is 2.62 bits per heavy atom. The molecule has 0 aliphatic carbocycles. The minimum atomic E-state index is -4.62. The Kier molecular flexibility index (Phi) is 5.69. The first kappa shape index (κ1) is 19.9. The summed E-state index contributed by atoms with van der Waals surface area (Å²) in [5.41, 5.74) is 4.55. The lowest BCUT2D eigenvalue weighted by Crippen LogP contribution is -2.28. The largest absolute Gasteiger partial charge is 0.480 e. The molecule has 0 spiro atoms. The van der Waals surface area contributed by atoms with Crippen LogP contribution in [0.3, 0.4) is 0 Å². The molecule has 2 aromatic heterocycles. The number of anilines is 2. The first-order chi connectivity index (χ1) is 12.1. The van der Waals surface area contributed by atoms with E-state index in [2.05, 4.69) is 10.1 Å². The van der Waals surface area contributed by atoms with Crippen molar-refractivity contribution in [3.8, 4) is 5.88 Å². The summed E-state index contributed by atoms with van der Waals surface area (Å²) < 4.78 is 44.9. The molecule has 0 saturated heterocycles. The van der Waals surface area contributed by atoms with Crippen LogP contribution in [0.2, 0.25) is 0 Å². The lowest BCUT2D eigenvalue weighted by atomic mass is 10.2. The molecule has 7 nitrogen and oxygen atoms in total. The number of pyridine rings is 1. The zero-order valence-electron chi connectivity index (χ0n) is 14.6. The number of hydrogen-bond donors (Lipinski definition) is 1. The molecule has 11 heteroatoms. The number of nitrogens with two attached hydrogens (primary N) is 1. The topological polar surface area (TPSA) is 86.3 Å². The van der Waals surface area contributed by atoms with Crippen LogP contribution < -0.4 is 15.4 Å². The molecule has 0 fully saturated rings. The molecule has 0 bridgehead atoms. The Labute approximate surface area is 152 Å². The molecule has 0 aromatic carbocycles. The minimum Gasteiger partial charge on any atom is -0.480 e. The van der Waals surface area contributed by atoms with Crippen molar-refractivity contribution < 1.29 is 22.7 Å². The summed E-state index contributed by atoms with van der Waals surface area (Å²) in [5.74, 6) is 0.566. The van der Waals surface area contributed by atoms with Crippen LogP contribution in [-0.2, 0) is 13.2 Å². The molecule has 0 radical (unpaired) electrons. The number of thioether (sulfide) groups is 1. The second-order valence-electron chi connectivity index (χ2n) is 5.23. The van der Waals surface area contributed by atoms with E-state index in [0.717, 1.165) is 11.1 Å². The summed E-state index contributed by atoms with van der Waals surface area (Å²) in [6, 6.07) is 0.694. The number of carbonyl (C=O) groups is 1. The van der Waals surface area contributed by atoms with Gasteiger partial charge in [-0.25, -0.2) is 9.67 Å². The van der Waals surface area contributed by atoms with Gasteiger partial charge in [0.2, 0.25) is 5.88 Å². The molecule has 2 heterocycles. The van der Waals surface area contributed by atoms with Crippen molar-refractivity contribution >= 4 is 29.0 Å². The highest BCUT2D eigenvalue weighted by atomic mass is 32.2. The van der Waals surface area contributed by atoms with E-state index >= 15 is 0 Å². The van der Waals surface area contributed by atoms with Crippen molar-refractivity contribution in [2.75, 3.05) is 30.5 Å². The van der Waals surface area contributed by atoms with Gasteiger partial charge in [0.05, 0.1) is 24.7 Å². The summed E-state index contributed by atoms with van der Waals surface area (Å²) in [6.45, 7) is 1.91. The zero-order chi connectivity index (χ0) is 19.6. The van der Waals surface area contributed by atoms with Crippen molar-refractivity contribution in [2.24, 2.45) is 7.05 Å². The number of methoxy groups -OCH3 is 1. The number of aryl methyl sites for hydroxylation is 1. The molecule has 0 aliphatic heterocycles. The third kappa shape index (κ3) is 3.71. The summed E-state index contributed by atoms with van der Waals surface area (Å²) >= 11 is 1.37. The number of amides is 1. The first-order valence-corrected chi connectivity index (χ1v) is 8.44. The molecule has 1 amide bonds. The number of carbonyl (C=O) groups excluding carboxylic acids is 1. The zero-order valence-corrected chi connectivity index (χ0v) is 15.4. The fraction of sp³-hybridized carbons (Fsp3) is 0.400. The second kappa shape index (κ2) is 7.44. The summed E-state index contributed by atoms with van der Waals surface area (Å²) in [5, 5.41) is 4.17. The number of halogens is 3. The van der Waals surface area contributed by atoms with Crippen LogP contribution in [0.25, 0.3) is 0 Å². The highest BCUT2D eigenvalue weighted by Crippen LogP contribution is 2.35. The van der Waals surface area contributed by atoms with Gasteiger partial charge in [-0.3, -0.25) is 4.79 Å². The Balaban J connectivity index is 2.42. The van der Waals surface area contributed by atoms with Gasteiger partial charge in [-0.05, 0) is 11.8 Å². The van der Waals surface area contributed by atoms with Gasteiger partial charge in [-0.15, -0.1) is 11.8 Å². The number of alkyl halides is 3. The van der Waals surface area contributed by atoms with E-state index in [4.69, 9.17) is 10.5 Å². The molecule has 2 rings (SSSR count). The van der Waals surface area contributed by atoms with E-state index in [9.17, 15) is 18.0 Å². The van der Waals surface area contributed by atoms with Crippen molar-refractivity contribution in [3.05, 3.63) is 23.7 Å². The number of rotatable bonds is 5. The highest BCUT2D eigenvalue weighted by molar-refractivity contribution is 7.99. The molecule has 26 heavy (non-hydrogen) atoms. The normalized spacial score (nSPS) is 11.5. The van der Waals surface area contributed by atoms with Gasteiger partial charge in [-0.2, -0.15) is 18.3 Å². The van der Waals surface area contributed by atoms with Crippen LogP contribution in [0.1, 0.15) is 23.1 Å². The van der Waals surface area contributed by atoms with Gasteiger partial charge < -0.3 is 15.4 Å². The van der Waals surface area contributed by atoms with E-state index in [1.807, 2.05) is 6.92 Å². The standard InChI is InChI=1S/C15H18F3N5O2S/c1-5-26-12-11(21-23(3)14(12)25-4)13(24)22(2)9-7-20-10(6-8(9)19)15(16,17)18/h6-7H,5H2,1-4H3,(H2,19,20). The number of hydrogen-bond acceptors (Lipinski definition) is 6. The summed E-state index contributed by atoms with van der Waals surface area (Å²) in [6.07, 6.45) is -3.70. The lowest BCUT2D eigenvalue weighted by Gasteiger charge is -2.19. The Morgan fingerprint density at radius 2 is 2.12 bits per heavy atom. The second-order valence-corrected chi connectivity index (χ2v) is 6.51. The van der Waals surface area contributed by atoms with Gasteiger partial charge in [0.25, 0.3) is 5.91 Å². The Hall–Kier alpha value is -2.43.